The number of rotatable bonds is 5. The van der Waals surface area contributed by atoms with Crippen LogP contribution < -0.4 is 5.32 Å². The fourth-order valence-electron chi connectivity index (χ4n) is 7.43. The Hall–Kier alpha value is -2.88. The van der Waals surface area contributed by atoms with Crippen molar-refractivity contribution in [1.29, 1.82) is 0 Å². The molecule has 4 aliphatic carbocycles. The van der Waals surface area contributed by atoms with Crippen LogP contribution in [-0.4, -0.2) is 23.0 Å². The predicted octanol–water partition coefficient (Wildman–Crippen LogP) is 5.32. The Kier molecular flexibility index (Phi) is 4.53. The minimum absolute atomic E-state index is 0.0199. The van der Waals surface area contributed by atoms with E-state index in [0.717, 1.165) is 46.4 Å². The minimum atomic E-state index is -0.958. The Morgan fingerprint density at radius 3 is 1.88 bits per heavy atom. The molecule has 0 spiro atoms. The zero-order valence-electron chi connectivity index (χ0n) is 18.2. The van der Waals surface area contributed by atoms with Crippen molar-refractivity contribution in [2.45, 2.75) is 51.0 Å². The number of hydrogen-bond acceptors (Lipinski definition) is 2. The van der Waals surface area contributed by atoms with Gasteiger partial charge in [-0.15, -0.1) is 0 Å². The summed E-state index contributed by atoms with van der Waals surface area (Å²) in [6.07, 6.45) is 6.89. The molecule has 0 heterocycles. The van der Waals surface area contributed by atoms with E-state index < -0.39 is 12.0 Å². The molecule has 0 saturated heterocycles. The maximum atomic E-state index is 13.6. The van der Waals surface area contributed by atoms with Gasteiger partial charge in [-0.1, -0.05) is 48.5 Å². The molecule has 1 amide bonds. The number of carbonyl (C=O) groups excluding carboxylic acids is 1. The van der Waals surface area contributed by atoms with Gasteiger partial charge in [-0.3, -0.25) is 4.79 Å². The van der Waals surface area contributed by atoms with Crippen molar-refractivity contribution >= 4 is 33.4 Å². The first kappa shape index (κ1) is 19.8. The van der Waals surface area contributed by atoms with E-state index in [1.54, 1.807) is 0 Å². The maximum absolute atomic E-state index is 13.6. The number of fused-ring (bicyclic) bond motifs is 2. The van der Waals surface area contributed by atoms with E-state index in [-0.39, 0.29) is 17.7 Å². The van der Waals surface area contributed by atoms with E-state index in [1.807, 2.05) is 24.3 Å². The lowest BCUT2D eigenvalue weighted by Gasteiger charge is -2.55. The van der Waals surface area contributed by atoms with Crippen molar-refractivity contribution in [2.75, 3.05) is 0 Å². The fourth-order valence-corrected chi connectivity index (χ4v) is 7.43. The van der Waals surface area contributed by atoms with Crippen LogP contribution in [0.3, 0.4) is 0 Å². The zero-order chi connectivity index (χ0) is 21.9. The van der Waals surface area contributed by atoms with Crippen molar-refractivity contribution in [3.8, 4) is 0 Å². The average Bonchev–Trinajstić information content (AvgIpc) is 2.77. The van der Waals surface area contributed by atoms with Crippen LogP contribution in [0.2, 0.25) is 0 Å². The molecule has 4 saturated carbocycles. The highest BCUT2D eigenvalue weighted by molar-refractivity contribution is 6.02. The molecule has 4 fully saturated rings. The van der Waals surface area contributed by atoms with Gasteiger partial charge in [0.15, 0.2) is 0 Å². The van der Waals surface area contributed by atoms with Gasteiger partial charge in [0.25, 0.3) is 0 Å². The molecule has 1 atom stereocenters. The topological polar surface area (TPSA) is 66.4 Å². The van der Waals surface area contributed by atoms with Crippen LogP contribution in [0.25, 0.3) is 21.5 Å². The molecule has 7 rings (SSSR count). The van der Waals surface area contributed by atoms with Crippen LogP contribution in [-0.2, 0) is 16.0 Å². The molecule has 0 aliphatic heterocycles. The number of hydrogen-bond donors (Lipinski definition) is 2. The van der Waals surface area contributed by atoms with Crippen molar-refractivity contribution in [1.82, 2.24) is 5.32 Å². The van der Waals surface area contributed by atoms with Gasteiger partial charge < -0.3 is 10.4 Å². The van der Waals surface area contributed by atoms with Crippen molar-refractivity contribution in [2.24, 2.45) is 23.2 Å². The van der Waals surface area contributed by atoms with Gasteiger partial charge in [-0.25, -0.2) is 4.79 Å². The van der Waals surface area contributed by atoms with Crippen LogP contribution in [0, 0.1) is 23.2 Å². The Morgan fingerprint density at radius 2 is 1.38 bits per heavy atom. The van der Waals surface area contributed by atoms with E-state index in [4.69, 9.17) is 0 Å². The van der Waals surface area contributed by atoms with Crippen molar-refractivity contribution in [3.63, 3.8) is 0 Å². The van der Waals surface area contributed by atoms with Gasteiger partial charge in [0, 0.05) is 11.8 Å². The minimum Gasteiger partial charge on any atom is -0.480 e. The summed E-state index contributed by atoms with van der Waals surface area (Å²) < 4.78 is 0. The molecule has 32 heavy (non-hydrogen) atoms. The monoisotopic (exact) mass is 427 g/mol. The standard InChI is InChI=1S/C28H29NO3/c30-26(31)25(29-27(32)28-14-17-9-18(15-28)11-19(10-17)16-28)13-24-22-7-3-1-5-20(22)12-21-6-2-4-8-23(21)24/h1-8,12,17-19,25H,9-11,13-16H2,(H,29,32)(H,30,31)/t17?,18?,19?,25-,28?/m1/s1. The zero-order valence-corrected chi connectivity index (χ0v) is 18.2. The summed E-state index contributed by atoms with van der Waals surface area (Å²) in [4.78, 5) is 25.9. The highest BCUT2D eigenvalue weighted by atomic mass is 16.4. The molecular formula is C28H29NO3. The van der Waals surface area contributed by atoms with E-state index in [2.05, 4.69) is 35.6 Å². The highest BCUT2D eigenvalue weighted by Crippen LogP contribution is 2.60. The quantitative estimate of drug-likeness (QED) is 0.542. The van der Waals surface area contributed by atoms with E-state index in [0.29, 0.717) is 17.8 Å². The predicted molar refractivity (Wildman–Crippen MR) is 125 cm³/mol. The average molecular weight is 428 g/mol. The van der Waals surface area contributed by atoms with Crippen LogP contribution in [0.4, 0.5) is 0 Å². The lowest BCUT2D eigenvalue weighted by molar-refractivity contribution is -0.151. The van der Waals surface area contributed by atoms with Crippen LogP contribution >= 0.6 is 0 Å². The molecule has 3 aromatic carbocycles. The summed E-state index contributed by atoms with van der Waals surface area (Å²) in [5.74, 6) is 0.973. The Balaban J connectivity index is 1.34. The first-order chi connectivity index (χ1) is 15.5. The number of amides is 1. The van der Waals surface area contributed by atoms with Gasteiger partial charge in [-0.05, 0) is 89.5 Å². The number of benzene rings is 3. The number of carboxylic acids is 1. The number of nitrogens with one attached hydrogen (secondary N) is 1. The molecule has 164 valence electrons. The fraction of sp³-hybridized carbons (Fsp3) is 0.429. The van der Waals surface area contributed by atoms with Gasteiger partial charge in [0.2, 0.25) is 5.91 Å². The van der Waals surface area contributed by atoms with Gasteiger partial charge in [0.05, 0.1) is 0 Å². The number of aliphatic carboxylic acids is 1. The van der Waals surface area contributed by atoms with Gasteiger partial charge >= 0.3 is 5.97 Å². The molecule has 4 bridgehead atoms. The Labute approximate surface area is 188 Å². The molecule has 3 aromatic rings. The normalized spacial score (nSPS) is 29.3. The van der Waals surface area contributed by atoms with Gasteiger partial charge in [0.1, 0.15) is 6.04 Å². The van der Waals surface area contributed by atoms with Gasteiger partial charge in [-0.2, -0.15) is 0 Å². The molecule has 4 aliphatic rings. The van der Waals surface area contributed by atoms with Crippen molar-refractivity contribution in [3.05, 3.63) is 60.2 Å². The number of carbonyl (C=O) groups is 2. The first-order valence-electron chi connectivity index (χ1n) is 11.9. The summed E-state index contributed by atoms with van der Waals surface area (Å²) in [6, 6.07) is 17.4. The lowest BCUT2D eigenvalue weighted by Crippen LogP contribution is -2.56. The largest absolute Gasteiger partial charge is 0.480 e. The molecule has 2 N–H and O–H groups in total. The van der Waals surface area contributed by atoms with E-state index in [9.17, 15) is 14.7 Å². The maximum Gasteiger partial charge on any atom is 0.326 e. The third kappa shape index (κ3) is 3.19. The summed E-state index contributed by atoms with van der Waals surface area (Å²) in [5, 5.41) is 17.4. The smallest absolute Gasteiger partial charge is 0.326 e. The second-order valence-electron chi connectivity index (χ2n) is 10.6. The highest BCUT2D eigenvalue weighted by Gasteiger charge is 2.55. The number of carboxylic acid groups (broad SMARTS) is 1. The molecule has 0 aromatic heterocycles. The summed E-state index contributed by atoms with van der Waals surface area (Å²) >= 11 is 0. The molecular weight excluding hydrogens is 398 g/mol. The first-order valence-corrected chi connectivity index (χ1v) is 11.9. The van der Waals surface area contributed by atoms with Crippen LogP contribution in [0.5, 0.6) is 0 Å². The molecule has 4 nitrogen and oxygen atoms in total. The van der Waals surface area contributed by atoms with Crippen molar-refractivity contribution < 1.29 is 14.7 Å². The third-order valence-corrected chi connectivity index (χ3v) is 8.41. The molecule has 0 unspecified atom stereocenters. The molecule has 0 radical (unpaired) electrons. The summed E-state index contributed by atoms with van der Waals surface area (Å²) in [7, 11) is 0. The molecule has 4 heteroatoms. The summed E-state index contributed by atoms with van der Waals surface area (Å²) in [5.41, 5.74) is 0.653. The van der Waals surface area contributed by atoms with Crippen LogP contribution in [0.1, 0.15) is 44.1 Å². The van der Waals surface area contributed by atoms with E-state index in [1.165, 1.54) is 19.3 Å². The van der Waals surface area contributed by atoms with Crippen LogP contribution in [0.15, 0.2) is 54.6 Å². The lowest BCUT2D eigenvalue weighted by atomic mass is 9.49. The third-order valence-electron chi connectivity index (χ3n) is 8.41. The van der Waals surface area contributed by atoms with E-state index >= 15 is 0 Å². The Morgan fingerprint density at radius 1 is 0.875 bits per heavy atom. The second-order valence-corrected chi connectivity index (χ2v) is 10.6. The second kappa shape index (κ2) is 7.33. The summed E-state index contributed by atoms with van der Waals surface area (Å²) in [6.45, 7) is 0. The Bertz CT molecular complexity index is 1140. The SMILES string of the molecule is O=C(O)[C@@H](Cc1c2ccccc2cc2ccccc12)NC(=O)C12CC3CC(CC(C3)C1)C2.